The Labute approximate surface area is 142 Å². The summed E-state index contributed by atoms with van der Waals surface area (Å²) >= 11 is 1.79. The molecule has 5 heteroatoms. The summed E-state index contributed by atoms with van der Waals surface area (Å²) in [6.45, 7) is 4.09. The second-order valence-corrected chi connectivity index (χ2v) is 7.47. The van der Waals surface area contributed by atoms with Crippen LogP contribution in [0.25, 0.3) is 0 Å². The average molecular weight is 335 g/mol. The lowest BCUT2D eigenvalue weighted by Gasteiger charge is -2.27. The van der Waals surface area contributed by atoms with E-state index in [0.29, 0.717) is 12.8 Å². The number of nitrogens with one attached hydrogen (secondary N) is 1. The zero-order chi connectivity index (χ0) is 16.8. The summed E-state index contributed by atoms with van der Waals surface area (Å²) in [6, 6.07) is 8.18. The Morgan fingerprint density at radius 1 is 1.26 bits per heavy atom. The summed E-state index contributed by atoms with van der Waals surface area (Å²) in [4.78, 5) is 24.8. The van der Waals surface area contributed by atoms with Gasteiger partial charge < -0.3 is 10.4 Å². The lowest BCUT2D eigenvalue weighted by atomic mass is 9.81. The van der Waals surface area contributed by atoms with Crippen LogP contribution in [0.15, 0.2) is 29.2 Å². The molecule has 0 heterocycles. The molecule has 2 N–H and O–H groups in total. The van der Waals surface area contributed by atoms with Crippen LogP contribution in [0.4, 0.5) is 0 Å². The minimum atomic E-state index is -0.778. The number of hydrogen-bond donors (Lipinski definition) is 2. The van der Waals surface area contributed by atoms with Crippen molar-refractivity contribution in [2.24, 2.45) is 11.8 Å². The molecular weight excluding hydrogens is 310 g/mol. The summed E-state index contributed by atoms with van der Waals surface area (Å²) in [5, 5.41) is 12.2. The fourth-order valence-electron chi connectivity index (χ4n) is 3.09. The molecule has 126 valence electrons. The summed E-state index contributed by atoms with van der Waals surface area (Å²) in [6.07, 6.45) is 2.74. The first-order valence-electron chi connectivity index (χ1n) is 8.27. The molecule has 3 atom stereocenters. The highest BCUT2D eigenvalue weighted by Gasteiger charge is 2.31. The molecule has 4 nitrogen and oxygen atoms in total. The molecule has 1 aliphatic rings. The zero-order valence-corrected chi connectivity index (χ0v) is 14.6. The standard InChI is InChI=1S/C18H25NO3S/c1-3-23-16-9-7-13(8-10-16)12(2)19-17(20)14-5-4-6-15(11-14)18(21)22/h7-10,12,14-15H,3-6,11H2,1-2H3,(H,19,20)(H,21,22). The number of carbonyl (C=O) groups is 2. The Morgan fingerprint density at radius 3 is 2.52 bits per heavy atom. The van der Waals surface area contributed by atoms with E-state index in [1.165, 1.54) is 4.90 Å². The maximum absolute atomic E-state index is 12.4. The topological polar surface area (TPSA) is 66.4 Å². The van der Waals surface area contributed by atoms with Gasteiger partial charge in [-0.05, 0) is 49.6 Å². The third kappa shape index (κ3) is 4.99. The quantitative estimate of drug-likeness (QED) is 0.775. The van der Waals surface area contributed by atoms with Crippen molar-refractivity contribution in [3.63, 3.8) is 0 Å². The molecule has 1 fully saturated rings. The molecule has 0 bridgehead atoms. The van der Waals surface area contributed by atoms with E-state index in [1.807, 2.05) is 19.1 Å². The predicted octanol–water partition coefficient (Wildman–Crippen LogP) is 3.87. The average Bonchev–Trinajstić information content (AvgIpc) is 2.55. The molecule has 1 aromatic carbocycles. The number of carbonyl (C=O) groups excluding carboxylic acids is 1. The van der Waals surface area contributed by atoms with Crippen LogP contribution in [0.1, 0.15) is 51.1 Å². The van der Waals surface area contributed by atoms with E-state index in [1.54, 1.807) is 11.8 Å². The lowest BCUT2D eigenvalue weighted by Crippen LogP contribution is -2.36. The van der Waals surface area contributed by atoms with Crippen molar-refractivity contribution in [3.05, 3.63) is 29.8 Å². The van der Waals surface area contributed by atoms with E-state index in [2.05, 4.69) is 24.4 Å². The van der Waals surface area contributed by atoms with Crippen LogP contribution >= 0.6 is 11.8 Å². The highest BCUT2D eigenvalue weighted by molar-refractivity contribution is 7.99. The zero-order valence-electron chi connectivity index (χ0n) is 13.7. The number of carboxylic acid groups (broad SMARTS) is 1. The first kappa shape index (κ1) is 17.9. The van der Waals surface area contributed by atoms with Crippen molar-refractivity contribution in [1.82, 2.24) is 5.32 Å². The van der Waals surface area contributed by atoms with Gasteiger partial charge in [-0.1, -0.05) is 25.5 Å². The Kier molecular flexibility index (Phi) is 6.51. The van der Waals surface area contributed by atoms with E-state index in [9.17, 15) is 9.59 Å². The molecular formula is C18H25NO3S. The van der Waals surface area contributed by atoms with Crippen molar-refractivity contribution in [3.8, 4) is 0 Å². The van der Waals surface area contributed by atoms with Gasteiger partial charge in [0.15, 0.2) is 0 Å². The number of amides is 1. The first-order chi connectivity index (χ1) is 11.0. The molecule has 1 amide bonds. The van der Waals surface area contributed by atoms with Crippen molar-refractivity contribution in [2.45, 2.75) is 50.5 Å². The van der Waals surface area contributed by atoms with E-state index in [0.717, 1.165) is 24.2 Å². The molecule has 3 unspecified atom stereocenters. The van der Waals surface area contributed by atoms with Crippen LogP contribution in [0, 0.1) is 11.8 Å². The largest absolute Gasteiger partial charge is 0.481 e. The van der Waals surface area contributed by atoms with Gasteiger partial charge in [0.25, 0.3) is 0 Å². The Bertz CT molecular complexity index is 544. The van der Waals surface area contributed by atoms with Crippen LogP contribution in [0.2, 0.25) is 0 Å². The smallest absolute Gasteiger partial charge is 0.306 e. The van der Waals surface area contributed by atoms with Crippen molar-refractivity contribution in [1.29, 1.82) is 0 Å². The second-order valence-electron chi connectivity index (χ2n) is 6.13. The van der Waals surface area contributed by atoms with E-state index >= 15 is 0 Å². The molecule has 1 saturated carbocycles. The molecule has 1 aliphatic carbocycles. The molecule has 0 saturated heterocycles. The highest BCUT2D eigenvalue weighted by atomic mass is 32.2. The van der Waals surface area contributed by atoms with Crippen molar-refractivity contribution < 1.29 is 14.7 Å². The SMILES string of the molecule is CCSc1ccc(C(C)NC(=O)C2CCCC(C(=O)O)C2)cc1. The summed E-state index contributed by atoms with van der Waals surface area (Å²) in [7, 11) is 0. The Hall–Kier alpha value is -1.49. The second kappa shape index (κ2) is 8.39. The number of benzene rings is 1. The molecule has 0 aromatic heterocycles. The van der Waals surface area contributed by atoms with Gasteiger partial charge in [-0.3, -0.25) is 9.59 Å². The third-order valence-corrected chi connectivity index (χ3v) is 5.34. The fraction of sp³-hybridized carbons (Fsp3) is 0.556. The van der Waals surface area contributed by atoms with Crippen molar-refractivity contribution >= 4 is 23.6 Å². The summed E-state index contributed by atoms with van der Waals surface area (Å²) in [5.74, 6) is -0.310. The number of carboxylic acids is 1. The number of hydrogen-bond acceptors (Lipinski definition) is 3. The van der Waals surface area contributed by atoms with Crippen LogP contribution in [0.3, 0.4) is 0 Å². The summed E-state index contributed by atoms with van der Waals surface area (Å²) in [5.41, 5.74) is 1.07. The van der Waals surface area contributed by atoms with Crippen LogP contribution in [-0.4, -0.2) is 22.7 Å². The van der Waals surface area contributed by atoms with E-state index in [4.69, 9.17) is 5.11 Å². The van der Waals surface area contributed by atoms with Gasteiger partial charge in [0, 0.05) is 10.8 Å². The van der Waals surface area contributed by atoms with Gasteiger partial charge in [-0.2, -0.15) is 0 Å². The Morgan fingerprint density at radius 2 is 1.91 bits per heavy atom. The van der Waals surface area contributed by atoms with Gasteiger partial charge in [-0.15, -0.1) is 11.8 Å². The highest BCUT2D eigenvalue weighted by Crippen LogP contribution is 2.30. The number of aliphatic carboxylic acids is 1. The molecule has 0 radical (unpaired) electrons. The normalized spacial score (nSPS) is 22.3. The van der Waals surface area contributed by atoms with Crippen molar-refractivity contribution in [2.75, 3.05) is 5.75 Å². The number of thioether (sulfide) groups is 1. The Balaban J connectivity index is 1.92. The van der Waals surface area contributed by atoms with Gasteiger partial charge in [0.2, 0.25) is 5.91 Å². The van der Waals surface area contributed by atoms with Gasteiger partial charge in [0.05, 0.1) is 12.0 Å². The van der Waals surface area contributed by atoms with Gasteiger partial charge in [0.1, 0.15) is 0 Å². The molecule has 23 heavy (non-hydrogen) atoms. The van der Waals surface area contributed by atoms with Gasteiger partial charge >= 0.3 is 5.97 Å². The maximum Gasteiger partial charge on any atom is 0.306 e. The minimum absolute atomic E-state index is 0.0181. The molecule has 1 aromatic rings. The fourth-order valence-corrected chi connectivity index (χ4v) is 3.75. The van der Waals surface area contributed by atoms with Crippen LogP contribution in [0.5, 0.6) is 0 Å². The van der Waals surface area contributed by atoms with Gasteiger partial charge in [-0.25, -0.2) is 0 Å². The predicted molar refractivity (Wildman–Crippen MR) is 92.5 cm³/mol. The first-order valence-corrected chi connectivity index (χ1v) is 9.25. The molecule has 2 rings (SSSR count). The lowest BCUT2D eigenvalue weighted by molar-refractivity contribution is -0.144. The van der Waals surface area contributed by atoms with Crippen LogP contribution in [-0.2, 0) is 9.59 Å². The molecule has 0 spiro atoms. The maximum atomic E-state index is 12.4. The van der Waals surface area contributed by atoms with E-state index in [-0.39, 0.29) is 23.8 Å². The van der Waals surface area contributed by atoms with Crippen LogP contribution < -0.4 is 5.32 Å². The monoisotopic (exact) mass is 335 g/mol. The minimum Gasteiger partial charge on any atom is -0.481 e. The summed E-state index contributed by atoms with van der Waals surface area (Å²) < 4.78 is 0. The third-order valence-electron chi connectivity index (χ3n) is 4.44. The number of rotatable bonds is 6. The van der Waals surface area contributed by atoms with E-state index < -0.39 is 5.97 Å². The molecule has 0 aliphatic heterocycles.